The number of fused-ring (bicyclic) bond motifs is 1. The van der Waals surface area contributed by atoms with Gasteiger partial charge < -0.3 is 10.2 Å². The summed E-state index contributed by atoms with van der Waals surface area (Å²) in [4.78, 5) is 25.8. The summed E-state index contributed by atoms with van der Waals surface area (Å²) >= 11 is 0. The zero-order valence-corrected chi connectivity index (χ0v) is 15.4. The van der Waals surface area contributed by atoms with Gasteiger partial charge in [-0.25, -0.2) is 22.0 Å². The minimum Gasteiger partial charge on any atom is -0.329 e. The van der Waals surface area contributed by atoms with E-state index in [0.717, 1.165) is 18.2 Å². The van der Waals surface area contributed by atoms with E-state index in [1.54, 1.807) is 6.92 Å². The van der Waals surface area contributed by atoms with Crippen molar-refractivity contribution in [3.05, 3.63) is 64.5 Å². The van der Waals surface area contributed by atoms with Crippen LogP contribution in [0.2, 0.25) is 0 Å². The van der Waals surface area contributed by atoms with Crippen LogP contribution in [-0.2, 0) is 22.6 Å². The second-order valence-electron chi connectivity index (χ2n) is 7.09. The number of carbonyl (C=O) groups excluding carboxylic acids is 2. The number of nitrogens with one attached hydrogen (secondary N) is 1. The Morgan fingerprint density at radius 3 is 2.31 bits per heavy atom. The third kappa shape index (κ3) is 4.72. The average molecular weight is 412 g/mol. The van der Waals surface area contributed by atoms with Crippen LogP contribution >= 0.6 is 0 Å². The standard InChI is InChI=1S/C20H17F5N2O2/c1-10(2-11-4-14(22)16(24)6-13(11)21)3-20(29)27-8-12-5-15(23)17(25)7-18(12)26-19(28)9-27/h4-7,10H,2-3,8-9H2,1H3,(H,26,28). The predicted octanol–water partition coefficient (Wildman–Crippen LogP) is 3.93. The van der Waals surface area contributed by atoms with Gasteiger partial charge in [0, 0.05) is 30.8 Å². The van der Waals surface area contributed by atoms with Crippen molar-refractivity contribution < 1.29 is 31.5 Å². The van der Waals surface area contributed by atoms with Crippen molar-refractivity contribution in [2.24, 2.45) is 5.92 Å². The van der Waals surface area contributed by atoms with Crippen LogP contribution < -0.4 is 5.32 Å². The first-order valence-corrected chi connectivity index (χ1v) is 8.83. The number of anilines is 1. The molecule has 1 N–H and O–H groups in total. The Morgan fingerprint density at radius 1 is 0.966 bits per heavy atom. The van der Waals surface area contributed by atoms with Crippen LogP contribution in [0.15, 0.2) is 24.3 Å². The molecular weight excluding hydrogens is 395 g/mol. The van der Waals surface area contributed by atoms with Gasteiger partial charge in [0.05, 0.1) is 0 Å². The number of hydrogen-bond acceptors (Lipinski definition) is 2. The first kappa shape index (κ1) is 20.8. The van der Waals surface area contributed by atoms with E-state index < -0.39 is 46.8 Å². The Labute approximate surface area is 163 Å². The summed E-state index contributed by atoms with van der Waals surface area (Å²) in [5.74, 6) is -7.10. The van der Waals surface area contributed by atoms with Gasteiger partial charge in [-0.3, -0.25) is 9.59 Å². The van der Waals surface area contributed by atoms with Crippen LogP contribution in [0, 0.1) is 35.0 Å². The highest BCUT2D eigenvalue weighted by Crippen LogP contribution is 2.25. The molecule has 2 amide bonds. The van der Waals surface area contributed by atoms with Gasteiger partial charge in [0.15, 0.2) is 23.3 Å². The van der Waals surface area contributed by atoms with E-state index in [0.29, 0.717) is 6.07 Å². The van der Waals surface area contributed by atoms with E-state index in [-0.39, 0.29) is 42.7 Å². The van der Waals surface area contributed by atoms with Gasteiger partial charge in [0.25, 0.3) is 0 Å². The Kier molecular flexibility index (Phi) is 5.86. The summed E-state index contributed by atoms with van der Waals surface area (Å²) in [7, 11) is 0. The van der Waals surface area contributed by atoms with Crippen LogP contribution in [0.25, 0.3) is 0 Å². The maximum Gasteiger partial charge on any atom is 0.244 e. The molecule has 1 aliphatic rings. The molecule has 0 fully saturated rings. The fourth-order valence-corrected chi connectivity index (χ4v) is 3.23. The molecule has 0 saturated heterocycles. The van der Waals surface area contributed by atoms with Crippen molar-refractivity contribution >= 4 is 17.5 Å². The van der Waals surface area contributed by atoms with Crippen LogP contribution in [-0.4, -0.2) is 23.3 Å². The third-order valence-corrected chi connectivity index (χ3v) is 4.65. The Balaban J connectivity index is 1.72. The predicted molar refractivity (Wildman–Crippen MR) is 94.2 cm³/mol. The van der Waals surface area contributed by atoms with Gasteiger partial charge >= 0.3 is 0 Å². The van der Waals surface area contributed by atoms with Gasteiger partial charge in [-0.05, 0) is 35.6 Å². The summed E-state index contributed by atoms with van der Waals surface area (Å²) in [6.45, 7) is 1.19. The zero-order valence-electron chi connectivity index (χ0n) is 15.4. The highest BCUT2D eigenvalue weighted by atomic mass is 19.2. The van der Waals surface area contributed by atoms with Crippen molar-refractivity contribution in [1.29, 1.82) is 0 Å². The molecule has 1 heterocycles. The lowest BCUT2D eigenvalue weighted by atomic mass is 9.96. The minimum absolute atomic E-state index is 0.0226. The SMILES string of the molecule is CC(CC(=O)N1CC(=O)Nc2cc(F)c(F)cc2C1)Cc1cc(F)c(F)cc1F. The number of rotatable bonds is 4. The molecule has 4 nitrogen and oxygen atoms in total. The molecule has 0 saturated carbocycles. The number of hydrogen-bond donors (Lipinski definition) is 1. The second-order valence-corrected chi connectivity index (χ2v) is 7.09. The number of carbonyl (C=O) groups is 2. The van der Waals surface area contributed by atoms with E-state index in [9.17, 15) is 31.5 Å². The van der Waals surface area contributed by atoms with E-state index in [1.165, 1.54) is 4.90 Å². The Morgan fingerprint density at radius 2 is 1.59 bits per heavy atom. The highest BCUT2D eigenvalue weighted by molar-refractivity contribution is 5.96. The van der Waals surface area contributed by atoms with E-state index >= 15 is 0 Å². The summed E-state index contributed by atoms with van der Waals surface area (Å²) in [6, 6.07) is 2.96. The van der Waals surface area contributed by atoms with E-state index in [1.807, 2.05) is 0 Å². The fraction of sp³-hybridized carbons (Fsp3) is 0.300. The maximum atomic E-state index is 13.8. The molecule has 0 radical (unpaired) electrons. The van der Waals surface area contributed by atoms with Crippen LogP contribution in [0.4, 0.5) is 27.6 Å². The zero-order chi connectivity index (χ0) is 21.3. The lowest BCUT2D eigenvalue weighted by Gasteiger charge is -2.22. The van der Waals surface area contributed by atoms with Crippen LogP contribution in [0.1, 0.15) is 24.5 Å². The molecule has 1 aliphatic heterocycles. The highest BCUT2D eigenvalue weighted by Gasteiger charge is 2.26. The van der Waals surface area contributed by atoms with Gasteiger partial charge in [-0.1, -0.05) is 6.92 Å². The molecule has 1 unspecified atom stereocenters. The second kappa shape index (κ2) is 8.18. The minimum atomic E-state index is -1.30. The molecule has 154 valence electrons. The van der Waals surface area contributed by atoms with Crippen LogP contribution in [0.5, 0.6) is 0 Å². The Hall–Kier alpha value is -2.97. The third-order valence-electron chi connectivity index (χ3n) is 4.65. The number of halogens is 5. The summed E-state index contributed by atoms with van der Waals surface area (Å²) in [5, 5.41) is 2.42. The number of benzene rings is 2. The smallest absolute Gasteiger partial charge is 0.244 e. The van der Waals surface area contributed by atoms with E-state index in [2.05, 4.69) is 5.32 Å². The lowest BCUT2D eigenvalue weighted by molar-refractivity contribution is -0.135. The quantitative estimate of drug-likeness (QED) is 0.611. The van der Waals surface area contributed by atoms with Crippen molar-refractivity contribution in [2.75, 3.05) is 11.9 Å². The normalized spacial score (nSPS) is 14.8. The lowest BCUT2D eigenvalue weighted by Crippen LogP contribution is -2.36. The molecular formula is C20H17F5N2O2. The summed E-state index contributed by atoms with van der Waals surface area (Å²) in [5.41, 5.74) is 0.254. The average Bonchev–Trinajstić information content (AvgIpc) is 2.78. The fourth-order valence-electron chi connectivity index (χ4n) is 3.23. The molecule has 2 aromatic carbocycles. The molecule has 3 rings (SSSR count). The first-order chi connectivity index (χ1) is 13.6. The molecule has 2 aromatic rings. The number of nitrogens with zero attached hydrogens (tertiary/aromatic N) is 1. The van der Waals surface area contributed by atoms with Gasteiger partial charge in [-0.15, -0.1) is 0 Å². The van der Waals surface area contributed by atoms with Crippen molar-refractivity contribution in [1.82, 2.24) is 4.90 Å². The van der Waals surface area contributed by atoms with Gasteiger partial charge in [0.1, 0.15) is 12.4 Å². The molecule has 9 heteroatoms. The van der Waals surface area contributed by atoms with E-state index in [4.69, 9.17) is 0 Å². The molecule has 0 bridgehead atoms. The van der Waals surface area contributed by atoms with Gasteiger partial charge in [0.2, 0.25) is 11.8 Å². The summed E-state index contributed by atoms with van der Waals surface area (Å²) in [6.07, 6.45) is -0.129. The number of amides is 2. The molecule has 0 aromatic heterocycles. The molecule has 0 aliphatic carbocycles. The topological polar surface area (TPSA) is 49.4 Å². The molecule has 1 atom stereocenters. The molecule has 0 spiro atoms. The Bertz CT molecular complexity index is 980. The molecule has 29 heavy (non-hydrogen) atoms. The van der Waals surface area contributed by atoms with Crippen molar-refractivity contribution in [3.63, 3.8) is 0 Å². The van der Waals surface area contributed by atoms with Crippen molar-refractivity contribution in [3.8, 4) is 0 Å². The maximum absolute atomic E-state index is 13.8. The summed E-state index contributed by atoms with van der Waals surface area (Å²) < 4.78 is 67.1. The van der Waals surface area contributed by atoms with Crippen LogP contribution in [0.3, 0.4) is 0 Å². The van der Waals surface area contributed by atoms with Gasteiger partial charge in [-0.2, -0.15) is 0 Å². The monoisotopic (exact) mass is 412 g/mol. The largest absolute Gasteiger partial charge is 0.329 e. The first-order valence-electron chi connectivity index (χ1n) is 8.83. The van der Waals surface area contributed by atoms with Crippen molar-refractivity contribution in [2.45, 2.75) is 26.3 Å².